The van der Waals surface area contributed by atoms with E-state index in [9.17, 15) is 9.59 Å². The molecule has 1 fully saturated rings. The molecule has 0 amide bonds. The molecule has 0 aromatic heterocycles. The number of cyclic esters (lactones) is 1. The van der Waals surface area contributed by atoms with Gasteiger partial charge >= 0.3 is 5.97 Å². The topological polar surface area (TPSA) is 52.6 Å². The molecule has 1 heterocycles. The van der Waals surface area contributed by atoms with E-state index in [1.54, 1.807) is 6.92 Å². The molecule has 0 N–H and O–H groups in total. The van der Waals surface area contributed by atoms with E-state index >= 15 is 0 Å². The Balaban J connectivity index is 2.68. The van der Waals surface area contributed by atoms with Crippen LogP contribution in [0, 0.1) is 0 Å². The Kier molecular flexibility index (Phi) is 2.25. The molecular weight excluding hydrogens is 148 g/mol. The van der Waals surface area contributed by atoms with Crippen molar-refractivity contribution in [3.05, 3.63) is 11.8 Å². The molecule has 0 aliphatic carbocycles. The molecule has 0 bridgehead atoms. The third-order valence-corrected chi connectivity index (χ3v) is 1.22. The first-order valence-electron chi connectivity index (χ1n) is 3.27. The van der Waals surface area contributed by atoms with Gasteiger partial charge in [0.1, 0.15) is 11.8 Å². The van der Waals surface area contributed by atoms with Crippen LogP contribution in [0.3, 0.4) is 0 Å². The molecule has 1 aliphatic heterocycles. The van der Waals surface area contributed by atoms with Crippen molar-refractivity contribution < 1.29 is 19.1 Å². The van der Waals surface area contributed by atoms with Crippen molar-refractivity contribution >= 4 is 11.8 Å². The van der Waals surface area contributed by atoms with Gasteiger partial charge in [-0.2, -0.15) is 0 Å². The van der Waals surface area contributed by atoms with Crippen LogP contribution < -0.4 is 0 Å². The minimum Gasteiger partial charge on any atom is -0.500 e. The average Bonchev–Trinajstić information content (AvgIpc) is 2.29. The second-order valence-electron chi connectivity index (χ2n) is 1.99. The maximum atomic E-state index is 10.8. The summed E-state index contributed by atoms with van der Waals surface area (Å²) in [5, 5.41) is 0. The average molecular weight is 156 g/mol. The molecule has 0 radical (unpaired) electrons. The Bertz CT molecular complexity index is 198. The molecule has 0 unspecified atom stereocenters. The highest BCUT2D eigenvalue weighted by atomic mass is 16.5. The summed E-state index contributed by atoms with van der Waals surface area (Å²) in [6.07, 6.45) is 1.15. The first-order valence-corrected chi connectivity index (χ1v) is 3.27. The lowest BCUT2D eigenvalue weighted by molar-refractivity contribution is -0.135. The molecule has 1 saturated heterocycles. The van der Waals surface area contributed by atoms with Gasteiger partial charge in [-0.05, 0) is 6.92 Å². The van der Waals surface area contributed by atoms with Crippen LogP contribution in [0.5, 0.6) is 0 Å². The molecule has 0 aromatic rings. The van der Waals surface area contributed by atoms with Gasteiger partial charge in [-0.3, -0.25) is 4.79 Å². The van der Waals surface area contributed by atoms with Gasteiger partial charge in [-0.25, -0.2) is 4.79 Å². The summed E-state index contributed by atoms with van der Waals surface area (Å²) in [5.41, 5.74) is 0.00634. The number of hydrogen-bond donors (Lipinski definition) is 0. The lowest BCUT2D eigenvalue weighted by atomic mass is 10.2. The van der Waals surface area contributed by atoms with Crippen LogP contribution in [-0.2, 0) is 19.1 Å². The van der Waals surface area contributed by atoms with Gasteiger partial charge in [-0.15, -0.1) is 0 Å². The highest BCUT2D eigenvalue weighted by molar-refractivity contribution is 6.21. The van der Waals surface area contributed by atoms with Crippen molar-refractivity contribution in [2.75, 3.05) is 13.2 Å². The molecule has 1 rings (SSSR count). The van der Waals surface area contributed by atoms with E-state index in [1.165, 1.54) is 0 Å². The van der Waals surface area contributed by atoms with Gasteiger partial charge in [-0.1, -0.05) is 0 Å². The van der Waals surface area contributed by atoms with Gasteiger partial charge in [0.05, 0.1) is 6.61 Å². The zero-order chi connectivity index (χ0) is 8.27. The van der Waals surface area contributed by atoms with Crippen molar-refractivity contribution in [2.24, 2.45) is 0 Å². The standard InChI is InChI=1S/C7H8O4/c1-2-10-3-5-6(8)4-11-7(5)9/h3H,2,4H2,1H3/b5-3+. The number of ketones is 1. The predicted octanol–water partition coefficient (Wildman–Crippen LogP) is 0.0327. The summed E-state index contributed by atoms with van der Waals surface area (Å²) in [4.78, 5) is 21.5. The number of ether oxygens (including phenoxy) is 2. The predicted molar refractivity (Wildman–Crippen MR) is 35.7 cm³/mol. The SMILES string of the molecule is CCO/C=C1\C(=O)COC1=O. The number of carbonyl (C=O) groups is 2. The van der Waals surface area contributed by atoms with Crippen molar-refractivity contribution in [1.29, 1.82) is 0 Å². The fourth-order valence-corrected chi connectivity index (χ4v) is 0.681. The Morgan fingerprint density at radius 1 is 1.64 bits per heavy atom. The van der Waals surface area contributed by atoms with E-state index in [0.717, 1.165) is 6.26 Å². The summed E-state index contributed by atoms with van der Waals surface area (Å²) in [6, 6.07) is 0. The number of rotatable bonds is 2. The number of Topliss-reactive ketones (excluding diaryl/α,β-unsaturated/α-hetero) is 1. The molecule has 60 valence electrons. The van der Waals surface area contributed by atoms with Crippen LogP contribution in [-0.4, -0.2) is 25.0 Å². The maximum absolute atomic E-state index is 10.8. The molecule has 11 heavy (non-hydrogen) atoms. The smallest absolute Gasteiger partial charge is 0.345 e. The first-order chi connectivity index (χ1) is 5.25. The normalized spacial score (nSPS) is 20.6. The zero-order valence-corrected chi connectivity index (χ0v) is 6.12. The molecule has 0 spiro atoms. The lowest BCUT2D eigenvalue weighted by Crippen LogP contribution is -2.01. The highest BCUT2D eigenvalue weighted by Crippen LogP contribution is 2.08. The summed E-state index contributed by atoms with van der Waals surface area (Å²) < 4.78 is 9.21. The third-order valence-electron chi connectivity index (χ3n) is 1.22. The molecule has 4 heteroatoms. The Morgan fingerprint density at radius 2 is 2.36 bits per heavy atom. The largest absolute Gasteiger partial charge is 0.500 e. The van der Waals surface area contributed by atoms with Crippen LogP contribution in [0.4, 0.5) is 0 Å². The van der Waals surface area contributed by atoms with Gasteiger partial charge in [0.25, 0.3) is 0 Å². The maximum Gasteiger partial charge on any atom is 0.345 e. The number of esters is 1. The van der Waals surface area contributed by atoms with E-state index in [0.29, 0.717) is 6.61 Å². The minimum atomic E-state index is -0.594. The lowest BCUT2D eigenvalue weighted by Gasteiger charge is -1.92. The highest BCUT2D eigenvalue weighted by Gasteiger charge is 2.28. The summed E-state index contributed by atoms with van der Waals surface area (Å²) in [7, 11) is 0. The van der Waals surface area contributed by atoms with Crippen LogP contribution in [0.15, 0.2) is 11.8 Å². The minimum absolute atomic E-state index is 0.00634. The Labute approximate surface area is 63.8 Å². The summed E-state index contributed by atoms with van der Waals surface area (Å²) in [5.74, 6) is -0.910. The van der Waals surface area contributed by atoms with E-state index < -0.39 is 5.97 Å². The zero-order valence-electron chi connectivity index (χ0n) is 6.12. The number of hydrogen-bond acceptors (Lipinski definition) is 4. The van der Waals surface area contributed by atoms with E-state index in [4.69, 9.17) is 4.74 Å². The second kappa shape index (κ2) is 3.18. The van der Waals surface area contributed by atoms with Gasteiger partial charge in [0, 0.05) is 0 Å². The van der Waals surface area contributed by atoms with Crippen LogP contribution in [0.1, 0.15) is 6.92 Å². The van der Waals surface area contributed by atoms with Gasteiger partial charge < -0.3 is 9.47 Å². The monoisotopic (exact) mass is 156 g/mol. The molecule has 0 saturated carbocycles. The number of carbonyl (C=O) groups excluding carboxylic acids is 2. The van der Waals surface area contributed by atoms with Crippen LogP contribution in [0.25, 0.3) is 0 Å². The third kappa shape index (κ3) is 1.58. The summed E-state index contributed by atoms with van der Waals surface area (Å²) in [6.45, 7) is 2.05. The van der Waals surface area contributed by atoms with E-state index in [1.807, 2.05) is 0 Å². The molecule has 4 nitrogen and oxygen atoms in total. The molecule has 0 atom stereocenters. The quantitative estimate of drug-likeness (QED) is 0.245. The molecule has 0 aromatic carbocycles. The van der Waals surface area contributed by atoms with E-state index in [2.05, 4.69) is 4.74 Å². The molecule has 1 aliphatic rings. The Hall–Kier alpha value is -1.32. The fourth-order valence-electron chi connectivity index (χ4n) is 0.681. The van der Waals surface area contributed by atoms with Crippen molar-refractivity contribution in [1.82, 2.24) is 0 Å². The summed E-state index contributed by atoms with van der Waals surface area (Å²) >= 11 is 0. The van der Waals surface area contributed by atoms with Crippen LogP contribution in [0.2, 0.25) is 0 Å². The van der Waals surface area contributed by atoms with Crippen LogP contribution >= 0.6 is 0 Å². The second-order valence-corrected chi connectivity index (χ2v) is 1.99. The molecular formula is C7H8O4. The van der Waals surface area contributed by atoms with Gasteiger partial charge in [0.2, 0.25) is 5.78 Å². The fraction of sp³-hybridized carbons (Fsp3) is 0.429. The van der Waals surface area contributed by atoms with E-state index in [-0.39, 0.29) is 18.0 Å². The first kappa shape index (κ1) is 7.78. The Morgan fingerprint density at radius 3 is 2.82 bits per heavy atom. The van der Waals surface area contributed by atoms with Crippen molar-refractivity contribution in [2.45, 2.75) is 6.92 Å². The van der Waals surface area contributed by atoms with Crippen molar-refractivity contribution in [3.8, 4) is 0 Å². The van der Waals surface area contributed by atoms with Gasteiger partial charge in [0.15, 0.2) is 6.61 Å². The van der Waals surface area contributed by atoms with Crippen molar-refractivity contribution in [3.63, 3.8) is 0 Å².